The Kier molecular flexibility index (Phi) is 3.62. The summed E-state index contributed by atoms with van der Waals surface area (Å²) < 4.78 is 11.2. The smallest absolute Gasteiger partial charge is 0.165 e. The fourth-order valence-electron chi connectivity index (χ4n) is 2.13. The quantitative estimate of drug-likeness (QED) is 0.668. The first-order valence-electron chi connectivity index (χ1n) is 6.18. The van der Waals surface area contributed by atoms with Crippen LogP contribution >= 0.6 is 0 Å². The number of aliphatic hydroxyl groups is 1. The van der Waals surface area contributed by atoms with E-state index >= 15 is 0 Å². The standard InChI is InChI=1S/C15H18O4/c1-15(2)13(17)9-11-7-10(5-4-6-16)8-12(18-3)14(11)19-15/h4-8,13,17H,9H2,1-3H3/b5-4+/t13-/m1/s1. The second kappa shape index (κ2) is 5.05. The molecule has 102 valence electrons. The van der Waals surface area contributed by atoms with Crippen molar-refractivity contribution in [3.63, 3.8) is 0 Å². The van der Waals surface area contributed by atoms with Gasteiger partial charge in [-0.1, -0.05) is 6.08 Å². The Hall–Kier alpha value is -1.81. The first-order chi connectivity index (χ1) is 8.97. The van der Waals surface area contributed by atoms with Crippen LogP contribution in [0.25, 0.3) is 6.08 Å². The van der Waals surface area contributed by atoms with Gasteiger partial charge >= 0.3 is 0 Å². The molecular formula is C15H18O4. The summed E-state index contributed by atoms with van der Waals surface area (Å²) in [6, 6.07) is 3.71. The highest BCUT2D eigenvalue weighted by Gasteiger charge is 2.37. The van der Waals surface area contributed by atoms with Crippen molar-refractivity contribution in [3.8, 4) is 11.5 Å². The minimum atomic E-state index is -0.638. The van der Waals surface area contributed by atoms with E-state index in [2.05, 4.69) is 0 Å². The number of hydrogen-bond donors (Lipinski definition) is 1. The van der Waals surface area contributed by atoms with E-state index < -0.39 is 11.7 Å². The van der Waals surface area contributed by atoms with E-state index in [4.69, 9.17) is 9.47 Å². The number of fused-ring (bicyclic) bond motifs is 1. The Morgan fingerprint density at radius 3 is 2.84 bits per heavy atom. The van der Waals surface area contributed by atoms with Gasteiger partial charge in [0.15, 0.2) is 11.5 Å². The van der Waals surface area contributed by atoms with Crippen molar-refractivity contribution in [2.24, 2.45) is 0 Å². The molecule has 1 aromatic carbocycles. The Bertz CT molecular complexity index is 517. The van der Waals surface area contributed by atoms with E-state index in [9.17, 15) is 9.90 Å². The van der Waals surface area contributed by atoms with E-state index in [0.717, 1.165) is 17.4 Å². The summed E-state index contributed by atoms with van der Waals surface area (Å²) in [5, 5.41) is 10.1. The highest BCUT2D eigenvalue weighted by Crippen LogP contribution is 2.41. The zero-order valence-electron chi connectivity index (χ0n) is 11.3. The summed E-state index contributed by atoms with van der Waals surface area (Å²) in [6.07, 6.45) is 3.77. The molecule has 0 fully saturated rings. The largest absolute Gasteiger partial charge is 0.493 e. The van der Waals surface area contributed by atoms with E-state index in [1.807, 2.05) is 26.0 Å². The third-order valence-electron chi connectivity index (χ3n) is 3.32. The lowest BCUT2D eigenvalue weighted by molar-refractivity contribution is -0.104. The van der Waals surface area contributed by atoms with Crippen LogP contribution < -0.4 is 9.47 Å². The second-order valence-corrected chi connectivity index (χ2v) is 5.13. The van der Waals surface area contributed by atoms with Crippen LogP contribution in [0.5, 0.6) is 11.5 Å². The number of carbonyl (C=O) groups is 1. The SMILES string of the molecule is COc1cc(/C=C/C=O)cc2c1OC(C)(C)[C@H](O)C2. The highest BCUT2D eigenvalue weighted by molar-refractivity contribution is 5.74. The summed E-state index contributed by atoms with van der Waals surface area (Å²) in [5.74, 6) is 1.28. The summed E-state index contributed by atoms with van der Waals surface area (Å²) >= 11 is 0. The number of hydrogen-bond acceptors (Lipinski definition) is 4. The molecule has 0 aliphatic carbocycles. The molecule has 0 saturated carbocycles. The third kappa shape index (κ3) is 2.63. The molecule has 0 unspecified atom stereocenters. The van der Waals surface area contributed by atoms with Crippen molar-refractivity contribution in [1.29, 1.82) is 0 Å². The molecule has 0 spiro atoms. The van der Waals surface area contributed by atoms with Gasteiger partial charge in [0.2, 0.25) is 0 Å². The average Bonchev–Trinajstić information content (AvgIpc) is 2.37. The van der Waals surface area contributed by atoms with Crippen LogP contribution in [0.4, 0.5) is 0 Å². The number of aliphatic hydroxyl groups excluding tert-OH is 1. The lowest BCUT2D eigenvalue weighted by atomic mass is 9.90. The van der Waals surface area contributed by atoms with Gasteiger partial charge in [0.25, 0.3) is 0 Å². The fraction of sp³-hybridized carbons (Fsp3) is 0.400. The van der Waals surface area contributed by atoms with E-state index in [1.54, 1.807) is 13.2 Å². The van der Waals surface area contributed by atoms with Crippen LogP contribution in [0, 0.1) is 0 Å². The minimum absolute atomic E-state index is 0.501. The molecule has 2 rings (SSSR count). The van der Waals surface area contributed by atoms with Crippen molar-refractivity contribution in [2.45, 2.75) is 32.0 Å². The van der Waals surface area contributed by atoms with Crippen LogP contribution in [0.3, 0.4) is 0 Å². The molecule has 1 heterocycles. The van der Waals surface area contributed by atoms with Crippen LogP contribution in [0.15, 0.2) is 18.2 Å². The Morgan fingerprint density at radius 2 is 2.21 bits per heavy atom. The number of methoxy groups -OCH3 is 1. The molecule has 4 heteroatoms. The van der Waals surface area contributed by atoms with Gasteiger partial charge in [-0.25, -0.2) is 0 Å². The van der Waals surface area contributed by atoms with Crippen molar-refractivity contribution in [1.82, 2.24) is 0 Å². The van der Waals surface area contributed by atoms with Crippen molar-refractivity contribution >= 4 is 12.4 Å². The minimum Gasteiger partial charge on any atom is -0.493 e. The lowest BCUT2D eigenvalue weighted by Gasteiger charge is -2.37. The molecule has 4 nitrogen and oxygen atoms in total. The molecule has 0 bridgehead atoms. The van der Waals surface area contributed by atoms with Crippen molar-refractivity contribution < 1.29 is 19.4 Å². The molecule has 0 amide bonds. The van der Waals surface area contributed by atoms with Gasteiger partial charge < -0.3 is 14.6 Å². The van der Waals surface area contributed by atoms with Crippen LogP contribution in [-0.2, 0) is 11.2 Å². The maximum atomic E-state index is 10.4. The molecule has 0 aromatic heterocycles. The van der Waals surface area contributed by atoms with Gasteiger partial charge in [-0.05, 0) is 37.6 Å². The molecule has 0 radical (unpaired) electrons. The average molecular weight is 262 g/mol. The first kappa shape index (κ1) is 13.6. The zero-order valence-corrected chi connectivity index (χ0v) is 11.3. The van der Waals surface area contributed by atoms with Gasteiger partial charge in [-0.2, -0.15) is 0 Å². The number of allylic oxidation sites excluding steroid dienone is 1. The molecule has 1 aliphatic rings. The number of rotatable bonds is 3. The predicted octanol–water partition coefficient (Wildman–Crippen LogP) is 1.98. The molecule has 1 aliphatic heterocycles. The lowest BCUT2D eigenvalue weighted by Crippen LogP contribution is -2.46. The molecule has 0 saturated heterocycles. The maximum absolute atomic E-state index is 10.4. The van der Waals surface area contributed by atoms with Gasteiger partial charge in [0.05, 0.1) is 13.2 Å². The monoisotopic (exact) mass is 262 g/mol. The summed E-state index contributed by atoms with van der Waals surface area (Å²) in [6.45, 7) is 3.69. The van der Waals surface area contributed by atoms with Crippen LogP contribution in [0.1, 0.15) is 25.0 Å². The van der Waals surface area contributed by atoms with Crippen LogP contribution in [0.2, 0.25) is 0 Å². The summed E-state index contributed by atoms with van der Waals surface area (Å²) in [5.41, 5.74) is 1.09. The summed E-state index contributed by atoms with van der Waals surface area (Å²) in [7, 11) is 1.57. The van der Waals surface area contributed by atoms with Crippen molar-refractivity contribution in [2.75, 3.05) is 7.11 Å². The second-order valence-electron chi connectivity index (χ2n) is 5.13. The Balaban J connectivity index is 2.48. The van der Waals surface area contributed by atoms with Crippen LogP contribution in [-0.4, -0.2) is 30.2 Å². The van der Waals surface area contributed by atoms with E-state index in [1.165, 1.54) is 6.08 Å². The van der Waals surface area contributed by atoms with Gasteiger partial charge in [0.1, 0.15) is 11.9 Å². The van der Waals surface area contributed by atoms with Gasteiger partial charge in [-0.3, -0.25) is 4.79 Å². The number of carbonyl (C=O) groups excluding carboxylic acids is 1. The highest BCUT2D eigenvalue weighted by atomic mass is 16.5. The Morgan fingerprint density at radius 1 is 1.47 bits per heavy atom. The molecule has 1 atom stereocenters. The zero-order chi connectivity index (χ0) is 14.0. The third-order valence-corrected chi connectivity index (χ3v) is 3.32. The van der Waals surface area contributed by atoms with E-state index in [-0.39, 0.29) is 0 Å². The molecule has 1 aromatic rings. The van der Waals surface area contributed by atoms with Gasteiger partial charge in [0, 0.05) is 12.0 Å². The number of benzene rings is 1. The topological polar surface area (TPSA) is 55.8 Å². The van der Waals surface area contributed by atoms with Crippen molar-refractivity contribution in [3.05, 3.63) is 29.3 Å². The normalized spacial score (nSPS) is 20.7. The predicted molar refractivity (Wildman–Crippen MR) is 72.5 cm³/mol. The Labute approximate surface area is 112 Å². The molecule has 19 heavy (non-hydrogen) atoms. The number of ether oxygens (including phenoxy) is 2. The molecule has 1 N–H and O–H groups in total. The fourth-order valence-corrected chi connectivity index (χ4v) is 2.13. The first-order valence-corrected chi connectivity index (χ1v) is 6.18. The molecular weight excluding hydrogens is 244 g/mol. The van der Waals surface area contributed by atoms with E-state index in [0.29, 0.717) is 17.9 Å². The van der Waals surface area contributed by atoms with Gasteiger partial charge in [-0.15, -0.1) is 0 Å². The number of aldehydes is 1. The maximum Gasteiger partial charge on any atom is 0.165 e. The summed E-state index contributed by atoms with van der Waals surface area (Å²) in [4.78, 5) is 10.4.